The summed E-state index contributed by atoms with van der Waals surface area (Å²) in [5.41, 5.74) is 0.679. The van der Waals surface area contributed by atoms with E-state index in [1.807, 2.05) is 29.6 Å². The Hall–Kier alpha value is -1.88. The number of carbonyl (C=O) groups excluding carboxylic acids is 2. The van der Waals surface area contributed by atoms with E-state index < -0.39 is 0 Å². The summed E-state index contributed by atoms with van der Waals surface area (Å²) in [5, 5.41) is 5.60. The molecule has 100 valence electrons. The third kappa shape index (κ3) is 3.12. The second-order valence-corrected chi connectivity index (χ2v) is 5.35. The van der Waals surface area contributed by atoms with Gasteiger partial charge in [0.25, 0.3) is 5.91 Å². The Kier molecular flexibility index (Phi) is 4.16. The summed E-state index contributed by atoms with van der Waals surface area (Å²) in [6, 6.07) is 7.80. The van der Waals surface area contributed by atoms with Crippen LogP contribution in [0.15, 0.2) is 29.6 Å². The van der Waals surface area contributed by atoms with Crippen molar-refractivity contribution >= 4 is 33.2 Å². The largest absolute Gasteiger partial charge is 0.351 e. The Morgan fingerprint density at radius 3 is 2.74 bits per heavy atom. The van der Waals surface area contributed by atoms with Gasteiger partial charge in [-0.1, -0.05) is 18.2 Å². The molecule has 0 unspecified atom stereocenters. The molecule has 0 spiro atoms. The van der Waals surface area contributed by atoms with E-state index in [1.54, 1.807) is 25.4 Å². The number of amides is 2. The number of thiophene rings is 1. The fourth-order valence-corrected chi connectivity index (χ4v) is 2.70. The zero-order chi connectivity index (χ0) is 13.8. The Balaban J connectivity index is 1.99. The number of fused-ring (bicyclic) bond motifs is 1. The van der Waals surface area contributed by atoms with Gasteiger partial charge in [0.15, 0.2) is 0 Å². The van der Waals surface area contributed by atoms with Crippen LogP contribution in [0.3, 0.4) is 0 Å². The summed E-state index contributed by atoms with van der Waals surface area (Å²) in [7, 11) is 3.41. The molecule has 2 rings (SSSR count). The number of rotatable bonds is 4. The highest BCUT2D eigenvalue weighted by Crippen LogP contribution is 2.25. The molecule has 2 amide bonds. The zero-order valence-corrected chi connectivity index (χ0v) is 11.8. The van der Waals surface area contributed by atoms with Crippen molar-refractivity contribution < 1.29 is 9.59 Å². The topological polar surface area (TPSA) is 49.4 Å². The minimum Gasteiger partial charge on any atom is -0.351 e. The van der Waals surface area contributed by atoms with Crippen molar-refractivity contribution in [3.05, 3.63) is 35.2 Å². The van der Waals surface area contributed by atoms with Gasteiger partial charge in [-0.15, -0.1) is 11.3 Å². The maximum absolute atomic E-state index is 12.0. The second-order valence-electron chi connectivity index (χ2n) is 4.44. The summed E-state index contributed by atoms with van der Waals surface area (Å²) >= 11 is 1.55. The Bertz CT molecular complexity index is 604. The summed E-state index contributed by atoms with van der Waals surface area (Å²) in [4.78, 5) is 25.0. The predicted octanol–water partition coefficient (Wildman–Crippen LogP) is 2.11. The molecule has 19 heavy (non-hydrogen) atoms. The summed E-state index contributed by atoms with van der Waals surface area (Å²) < 4.78 is 1.09. The van der Waals surface area contributed by atoms with Gasteiger partial charge >= 0.3 is 0 Å². The van der Waals surface area contributed by atoms with Gasteiger partial charge in [-0.2, -0.15) is 0 Å². The summed E-state index contributed by atoms with van der Waals surface area (Å²) in [5.74, 6) is -0.112. The highest BCUT2D eigenvalue weighted by Gasteiger charge is 2.12. The Labute approximate surface area is 116 Å². The lowest BCUT2D eigenvalue weighted by molar-refractivity contribution is -0.128. The number of nitrogens with zero attached hydrogens (tertiary/aromatic N) is 1. The van der Waals surface area contributed by atoms with Crippen molar-refractivity contribution in [1.82, 2.24) is 10.2 Å². The molecule has 0 saturated carbocycles. The van der Waals surface area contributed by atoms with Crippen molar-refractivity contribution in [1.29, 1.82) is 0 Å². The zero-order valence-electron chi connectivity index (χ0n) is 11.0. The standard InChI is InChI=1S/C14H16N2O2S/c1-16(2)13(17)7-8-15-14(18)11-9-19-12-6-4-3-5-10(11)12/h3-6,9H,7-8H2,1-2H3,(H,15,18). The average molecular weight is 276 g/mol. The van der Waals surface area contributed by atoms with Crippen molar-refractivity contribution in [3.8, 4) is 0 Å². The summed E-state index contributed by atoms with van der Waals surface area (Å²) in [6.45, 7) is 0.361. The predicted molar refractivity (Wildman–Crippen MR) is 77.5 cm³/mol. The summed E-state index contributed by atoms with van der Waals surface area (Å²) in [6.07, 6.45) is 0.320. The van der Waals surface area contributed by atoms with Crippen LogP contribution in [0.5, 0.6) is 0 Å². The monoisotopic (exact) mass is 276 g/mol. The highest BCUT2D eigenvalue weighted by atomic mass is 32.1. The van der Waals surface area contributed by atoms with Gasteiger partial charge in [-0.05, 0) is 6.07 Å². The first-order chi connectivity index (χ1) is 9.09. The molecule has 0 aliphatic heterocycles. The van der Waals surface area contributed by atoms with Gasteiger partial charge in [-0.3, -0.25) is 9.59 Å². The van der Waals surface area contributed by atoms with Crippen LogP contribution < -0.4 is 5.32 Å². The lowest BCUT2D eigenvalue weighted by atomic mass is 10.1. The van der Waals surface area contributed by atoms with E-state index in [9.17, 15) is 9.59 Å². The number of carbonyl (C=O) groups is 2. The van der Waals surface area contributed by atoms with E-state index in [2.05, 4.69) is 5.32 Å². The van der Waals surface area contributed by atoms with Crippen molar-refractivity contribution in [3.63, 3.8) is 0 Å². The molecule has 0 saturated heterocycles. The molecule has 1 heterocycles. The van der Waals surface area contributed by atoms with Crippen LogP contribution >= 0.6 is 11.3 Å². The smallest absolute Gasteiger partial charge is 0.252 e. The molecule has 4 nitrogen and oxygen atoms in total. The van der Waals surface area contributed by atoms with Crippen molar-refractivity contribution in [2.45, 2.75) is 6.42 Å². The lowest BCUT2D eigenvalue weighted by Gasteiger charge is -2.10. The first-order valence-corrected chi connectivity index (χ1v) is 6.92. The number of benzene rings is 1. The normalized spacial score (nSPS) is 10.4. The van der Waals surface area contributed by atoms with E-state index in [0.29, 0.717) is 18.5 Å². The number of hydrogen-bond acceptors (Lipinski definition) is 3. The maximum Gasteiger partial charge on any atom is 0.252 e. The van der Waals surface area contributed by atoms with Crippen LogP contribution in [0.1, 0.15) is 16.8 Å². The van der Waals surface area contributed by atoms with Gasteiger partial charge in [0.1, 0.15) is 0 Å². The van der Waals surface area contributed by atoms with Gasteiger partial charge in [0, 0.05) is 42.5 Å². The Morgan fingerprint density at radius 1 is 1.26 bits per heavy atom. The molecule has 5 heteroatoms. The molecule has 1 aromatic heterocycles. The van der Waals surface area contributed by atoms with Crippen molar-refractivity contribution in [2.24, 2.45) is 0 Å². The van der Waals surface area contributed by atoms with E-state index in [-0.39, 0.29) is 11.8 Å². The van der Waals surface area contributed by atoms with E-state index in [1.165, 1.54) is 4.90 Å². The first kappa shape index (κ1) is 13.5. The minimum absolute atomic E-state index is 0.00970. The van der Waals surface area contributed by atoms with Crippen LogP contribution in [0.25, 0.3) is 10.1 Å². The van der Waals surface area contributed by atoms with Gasteiger partial charge in [0.2, 0.25) is 5.91 Å². The first-order valence-electron chi connectivity index (χ1n) is 6.04. The third-order valence-electron chi connectivity index (χ3n) is 2.85. The number of nitrogens with one attached hydrogen (secondary N) is 1. The average Bonchev–Trinajstić information content (AvgIpc) is 2.82. The quantitative estimate of drug-likeness (QED) is 0.929. The van der Waals surface area contributed by atoms with Gasteiger partial charge in [0.05, 0.1) is 5.56 Å². The molecular weight excluding hydrogens is 260 g/mol. The maximum atomic E-state index is 12.0. The molecule has 1 N–H and O–H groups in total. The van der Waals surface area contributed by atoms with Gasteiger partial charge < -0.3 is 10.2 Å². The van der Waals surface area contributed by atoms with Crippen LogP contribution in [-0.4, -0.2) is 37.4 Å². The van der Waals surface area contributed by atoms with Crippen molar-refractivity contribution in [2.75, 3.05) is 20.6 Å². The van der Waals surface area contributed by atoms with E-state index >= 15 is 0 Å². The Morgan fingerprint density at radius 2 is 2.00 bits per heavy atom. The molecule has 0 bridgehead atoms. The second kappa shape index (κ2) is 5.84. The SMILES string of the molecule is CN(C)C(=O)CCNC(=O)c1csc2ccccc12. The van der Waals surface area contributed by atoms with Crippen LogP contribution in [0.2, 0.25) is 0 Å². The minimum atomic E-state index is -0.121. The highest BCUT2D eigenvalue weighted by molar-refractivity contribution is 7.17. The molecule has 0 fully saturated rings. The fourth-order valence-electron chi connectivity index (χ4n) is 1.76. The van der Waals surface area contributed by atoms with Gasteiger partial charge in [-0.25, -0.2) is 0 Å². The molecule has 1 aromatic carbocycles. The molecule has 0 radical (unpaired) electrons. The fraction of sp³-hybridized carbons (Fsp3) is 0.286. The molecule has 0 aliphatic rings. The third-order valence-corrected chi connectivity index (χ3v) is 3.81. The molecular formula is C14H16N2O2S. The lowest BCUT2D eigenvalue weighted by Crippen LogP contribution is -2.30. The van der Waals surface area contributed by atoms with E-state index in [0.717, 1.165) is 10.1 Å². The molecule has 0 aliphatic carbocycles. The number of hydrogen-bond donors (Lipinski definition) is 1. The van der Waals surface area contributed by atoms with Crippen LogP contribution in [-0.2, 0) is 4.79 Å². The van der Waals surface area contributed by atoms with E-state index in [4.69, 9.17) is 0 Å². The van der Waals surface area contributed by atoms with Crippen LogP contribution in [0, 0.1) is 0 Å². The molecule has 0 atom stereocenters. The molecule has 2 aromatic rings. The van der Waals surface area contributed by atoms with Crippen LogP contribution in [0.4, 0.5) is 0 Å².